The van der Waals surface area contributed by atoms with Crippen molar-refractivity contribution >= 4 is 0 Å². The van der Waals surface area contributed by atoms with Gasteiger partial charge in [0.25, 0.3) is 0 Å². The second kappa shape index (κ2) is 10.1. The molecule has 0 unspecified atom stereocenters. The Hall–Kier alpha value is -0.780. The summed E-state index contributed by atoms with van der Waals surface area (Å²) in [6.07, 6.45) is 26.6. The van der Waals surface area contributed by atoms with Crippen molar-refractivity contribution in [1.29, 1.82) is 0 Å². The van der Waals surface area contributed by atoms with E-state index in [4.69, 9.17) is 0 Å². The van der Waals surface area contributed by atoms with Gasteiger partial charge in [-0.15, -0.1) is 0 Å². The summed E-state index contributed by atoms with van der Waals surface area (Å²) in [5.74, 6) is 1.80. The summed E-state index contributed by atoms with van der Waals surface area (Å²) >= 11 is 0. The summed E-state index contributed by atoms with van der Waals surface area (Å²) in [4.78, 5) is 0. The zero-order valence-corrected chi connectivity index (χ0v) is 14.9. The molecule has 0 heterocycles. The fourth-order valence-corrected chi connectivity index (χ4v) is 4.22. The maximum atomic E-state index is 2.52. The molecule has 0 aromatic carbocycles. The highest BCUT2D eigenvalue weighted by Crippen LogP contribution is 2.39. The monoisotopic (exact) mass is 300 g/mol. The maximum Gasteiger partial charge on any atom is -0.0197 e. The molecule has 0 atom stereocenters. The van der Waals surface area contributed by atoms with Gasteiger partial charge in [0, 0.05) is 0 Å². The fraction of sp³-hybridized carbons (Fsp3) is 0.727. The Morgan fingerprint density at radius 1 is 0.773 bits per heavy atom. The van der Waals surface area contributed by atoms with Gasteiger partial charge in [-0.05, 0) is 64.2 Å². The van der Waals surface area contributed by atoms with E-state index in [1.807, 2.05) is 5.57 Å². The summed E-state index contributed by atoms with van der Waals surface area (Å²) < 4.78 is 0. The van der Waals surface area contributed by atoms with Crippen LogP contribution in [0.1, 0.15) is 90.9 Å². The lowest BCUT2D eigenvalue weighted by atomic mass is 9.73. The molecule has 2 fully saturated rings. The van der Waals surface area contributed by atoms with Crippen molar-refractivity contribution in [1.82, 2.24) is 0 Å². The Labute approximate surface area is 138 Å². The second-order valence-electron chi connectivity index (χ2n) is 7.62. The molecule has 0 aliphatic heterocycles. The first-order valence-electron chi connectivity index (χ1n) is 9.77. The van der Waals surface area contributed by atoms with E-state index in [1.165, 1.54) is 82.6 Å². The van der Waals surface area contributed by atoms with Gasteiger partial charge >= 0.3 is 0 Å². The Balaban J connectivity index is 1.94. The average molecular weight is 301 g/mol. The molecular weight excluding hydrogens is 264 g/mol. The van der Waals surface area contributed by atoms with Gasteiger partial charge in [0.1, 0.15) is 0 Å². The number of allylic oxidation sites excluding steroid dienone is 6. The SMILES string of the molecule is CC(C)=CCC/C=C/C=C(C1CCCCC1)C1CCCCC1. The van der Waals surface area contributed by atoms with Crippen molar-refractivity contribution in [3.8, 4) is 0 Å². The van der Waals surface area contributed by atoms with E-state index in [9.17, 15) is 0 Å². The predicted octanol–water partition coefficient (Wildman–Crippen LogP) is 7.38. The van der Waals surface area contributed by atoms with E-state index in [0.717, 1.165) is 11.8 Å². The minimum Gasteiger partial charge on any atom is -0.0856 e. The van der Waals surface area contributed by atoms with Crippen molar-refractivity contribution < 1.29 is 0 Å². The van der Waals surface area contributed by atoms with Crippen LogP contribution in [0.3, 0.4) is 0 Å². The van der Waals surface area contributed by atoms with E-state index in [2.05, 4.69) is 38.2 Å². The zero-order chi connectivity index (χ0) is 15.6. The minimum absolute atomic E-state index is 0.902. The van der Waals surface area contributed by atoms with Crippen molar-refractivity contribution in [3.05, 3.63) is 35.5 Å². The first kappa shape index (κ1) is 17.6. The molecule has 0 amide bonds. The van der Waals surface area contributed by atoms with Gasteiger partial charge < -0.3 is 0 Å². The summed E-state index contributed by atoms with van der Waals surface area (Å²) in [6.45, 7) is 4.38. The first-order valence-corrected chi connectivity index (χ1v) is 9.77. The maximum absolute atomic E-state index is 2.52. The fourth-order valence-electron chi connectivity index (χ4n) is 4.22. The smallest absolute Gasteiger partial charge is 0.0197 e. The molecule has 0 saturated heterocycles. The highest BCUT2D eigenvalue weighted by atomic mass is 14.3. The molecule has 0 nitrogen and oxygen atoms in total. The van der Waals surface area contributed by atoms with E-state index >= 15 is 0 Å². The Kier molecular flexibility index (Phi) is 8.05. The molecule has 0 aromatic heterocycles. The van der Waals surface area contributed by atoms with Crippen molar-refractivity contribution in [3.63, 3.8) is 0 Å². The molecule has 0 N–H and O–H groups in total. The molecular formula is C22H36. The largest absolute Gasteiger partial charge is 0.0856 e. The highest BCUT2D eigenvalue weighted by molar-refractivity contribution is 5.19. The second-order valence-corrected chi connectivity index (χ2v) is 7.62. The normalized spacial score (nSPS) is 21.0. The molecule has 0 radical (unpaired) electrons. The standard InChI is InChI=1S/C22H36/c1-19(2)13-7-3-4-12-18-22(20-14-8-5-9-15-20)21-16-10-6-11-17-21/h4,12-13,18,20-21H,3,5-11,14-17H2,1-2H3/b12-4+. The van der Waals surface area contributed by atoms with Crippen LogP contribution in [0.4, 0.5) is 0 Å². The summed E-state index contributed by atoms with van der Waals surface area (Å²) in [7, 11) is 0. The van der Waals surface area contributed by atoms with Crippen LogP contribution in [-0.2, 0) is 0 Å². The minimum atomic E-state index is 0.902. The first-order chi connectivity index (χ1) is 10.8. The summed E-state index contributed by atoms with van der Waals surface area (Å²) in [5.41, 5.74) is 3.26. The molecule has 2 rings (SSSR count). The van der Waals surface area contributed by atoms with E-state index in [-0.39, 0.29) is 0 Å². The van der Waals surface area contributed by atoms with Gasteiger partial charge in [0.15, 0.2) is 0 Å². The number of hydrogen-bond acceptors (Lipinski definition) is 0. The molecule has 2 aliphatic carbocycles. The average Bonchev–Trinajstić information content (AvgIpc) is 2.55. The van der Waals surface area contributed by atoms with Crippen LogP contribution < -0.4 is 0 Å². The van der Waals surface area contributed by atoms with Gasteiger partial charge in [-0.3, -0.25) is 0 Å². The van der Waals surface area contributed by atoms with E-state index in [1.54, 1.807) is 0 Å². The van der Waals surface area contributed by atoms with Crippen LogP contribution in [0.5, 0.6) is 0 Å². The Morgan fingerprint density at radius 3 is 1.82 bits per heavy atom. The predicted molar refractivity (Wildman–Crippen MR) is 99.0 cm³/mol. The lowest BCUT2D eigenvalue weighted by Gasteiger charge is -2.32. The van der Waals surface area contributed by atoms with Crippen molar-refractivity contribution in [2.75, 3.05) is 0 Å². The molecule has 2 aliphatic rings. The molecule has 124 valence electrons. The van der Waals surface area contributed by atoms with Crippen LogP contribution in [-0.4, -0.2) is 0 Å². The lowest BCUT2D eigenvalue weighted by molar-refractivity contribution is 0.326. The summed E-state index contributed by atoms with van der Waals surface area (Å²) in [5, 5.41) is 0. The quantitative estimate of drug-likeness (QED) is 0.273. The third-order valence-corrected chi connectivity index (χ3v) is 5.46. The Bertz CT molecular complexity index is 360. The van der Waals surface area contributed by atoms with Crippen LogP contribution in [0, 0.1) is 11.8 Å². The van der Waals surface area contributed by atoms with Crippen molar-refractivity contribution in [2.45, 2.75) is 90.9 Å². The third-order valence-electron chi connectivity index (χ3n) is 5.46. The van der Waals surface area contributed by atoms with Crippen LogP contribution >= 0.6 is 0 Å². The summed E-state index contributed by atoms with van der Waals surface area (Å²) in [6, 6.07) is 0. The molecule has 0 spiro atoms. The van der Waals surface area contributed by atoms with Crippen LogP contribution in [0.25, 0.3) is 0 Å². The van der Waals surface area contributed by atoms with Crippen molar-refractivity contribution in [2.24, 2.45) is 11.8 Å². The number of hydrogen-bond donors (Lipinski definition) is 0. The number of rotatable bonds is 6. The molecule has 0 bridgehead atoms. The molecule has 0 heteroatoms. The van der Waals surface area contributed by atoms with Gasteiger partial charge in [0.05, 0.1) is 0 Å². The lowest BCUT2D eigenvalue weighted by Crippen LogP contribution is -2.18. The van der Waals surface area contributed by atoms with Gasteiger partial charge in [-0.2, -0.15) is 0 Å². The third kappa shape index (κ3) is 6.15. The van der Waals surface area contributed by atoms with Crippen LogP contribution in [0.2, 0.25) is 0 Å². The van der Waals surface area contributed by atoms with E-state index in [0.29, 0.717) is 0 Å². The molecule has 2 saturated carbocycles. The Morgan fingerprint density at radius 2 is 1.32 bits per heavy atom. The van der Waals surface area contributed by atoms with Gasteiger partial charge in [0.2, 0.25) is 0 Å². The van der Waals surface area contributed by atoms with Crippen LogP contribution in [0.15, 0.2) is 35.5 Å². The number of unbranched alkanes of at least 4 members (excludes halogenated alkanes) is 1. The van der Waals surface area contributed by atoms with Gasteiger partial charge in [-0.1, -0.05) is 74.0 Å². The zero-order valence-electron chi connectivity index (χ0n) is 14.9. The molecule has 22 heavy (non-hydrogen) atoms. The molecule has 0 aromatic rings. The van der Waals surface area contributed by atoms with Gasteiger partial charge in [-0.25, -0.2) is 0 Å². The van der Waals surface area contributed by atoms with E-state index < -0.39 is 0 Å². The highest BCUT2D eigenvalue weighted by Gasteiger charge is 2.25. The topological polar surface area (TPSA) is 0 Å².